The van der Waals surface area contributed by atoms with Crippen LogP contribution >= 0.6 is 15.9 Å². The first-order valence-electron chi connectivity index (χ1n) is 5.02. The zero-order chi connectivity index (χ0) is 11.4. The van der Waals surface area contributed by atoms with Crippen molar-refractivity contribution in [3.05, 3.63) is 58.6 Å². The minimum Gasteiger partial charge on any atom is -0.508 e. The van der Waals surface area contributed by atoms with Gasteiger partial charge in [0.05, 0.1) is 0 Å². The van der Waals surface area contributed by atoms with Gasteiger partial charge in [0.2, 0.25) is 0 Å². The predicted octanol–water partition coefficient (Wildman–Crippen LogP) is 3.77. The average molecular weight is 278 g/mol. The summed E-state index contributed by atoms with van der Waals surface area (Å²) >= 11 is 3.31. The number of aromatic hydroxyl groups is 1. The lowest BCUT2D eigenvalue weighted by Gasteiger charge is -2.08. The Morgan fingerprint density at radius 3 is 2.50 bits per heavy atom. The van der Waals surface area contributed by atoms with Crippen LogP contribution in [0.4, 0.5) is 5.69 Å². The Hall–Kier alpha value is -1.48. The van der Waals surface area contributed by atoms with Crippen LogP contribution in [0.15, 0.2) is 53.0 Å². The maximum absolute atomic E-state index is 9.70. The second kappa shape index (κ2) is 5.03. The summed E-state index contributed by atoms with van der Waals surface area (Å²) in [5.41, 5.74) is 1.93. The zero-order valence-corrected chi connectivity index (χ0v) is 10.2. The van der Waals surface area contributed by atoms with Crippen molar-refractivity contribution >= 4 is 21.6 Å². The van der Waals surface area contributed by atoms with Crippen LogP contribution in [0.5, 0.6) is 5.75 Å². The Kier molecular flexibility index (Phi) is 3.47. The van der Waals surface area contributed by atoms with Gasteiger partial charge in [0.1, 0.15) is 5.75 Å². The Morgan fingerprint density at radius 1 is 1.06 bits per heavy atom. The van der Waals surface area contributed by atoms with Gasteiger partial charge in [-0.2, -0.15) is 0 Å². The first-order valence-corrected chi connectivity index (χ1v) is 5.81. The molecule has 0 bridgehead atoms. The molecule has 0 saturated carbocycles. The molecule has 2 rings (SSSR count). The molecule has 82 valence electrons. The molecule has 0 unspecified atom stereocenters. The molecule has 0 radical (unpaired) electrons. The quantitative estimate of drug-likeness (QED) is 0.895. The van der Waals surface area contributed by atoms with E-state index in [2.05, 4.69) is 21.2 Å². The third-order valence-corrected chi connectivity index (χ3v) is 2.80. The van der Waals surface area contributed by atoms with Crippen LogP contribution < -0.4 is 5.32 Å². The molecule has 2 aromatic rings. The maximum Gasteiger partial charge on any atom is 0.121 e. The molecule has 0 atom stereocenters. The fraction of sp³-hybridized carbons (Fsp3) is 0.0769. The van der Waals surface area contributed by atoms with E-state index in [1.165, 1.54) is 0 Å². The van der Waals surface area contributed by atoms with Crippen LogP contribution in [0.25, 0.3) is 0 Å². The molecule has 0 aliphatic heterocycles. The van der Waals surface area contributed by atoms with Gasteiger partial charge in [0.15, 0.2) is 0 Å². The van der Waals surface area contributed by atoms with Gasteiger partial charge < -0.3 is 10.4 Å². The van der Waals surface area contributed by atoms with E-state index in [4.69, 9.17) is 0 Å². The Balaban J connectivity index is 2.05. The molecule has 0 amide bonds. The molecule has 0 spiro atoms. The van der Waals surface area contributed by atoms with E-state index < -0.39 is 0 Å². The molecule has 0 aliphatic rings. The normalized spacial score (nSPS) is 10.1. The summed E-state index contributed by atoms with van der Waals surface area (Å²) in [4.78, 5) is 0. The monoisotopic (exact) mass is 277 g/mol. The van der Waals surface area contributed by atoms with E-state index in [1.807, 2.05) is 42.5 Å². The van der Waals surface area contributed by atoms with Crippen molar-refractivity contribution in [1.29, 1.82) is 0 Å². The fourth-order valence-electron chi connectivity index (χ4n) is 1.44. The lowest BCUT2D eigenvalue weighted by molar-refractivity contribution is 0.468. The Bertz CT molecular complexity index is 471. The summed E-state index contributed by atoms with van der Waals surface area (Å²) in [7, 11) is 0. The van der Waals surface area contributed by atoms with Gasteiger partial charge >= 0.3 is 0 Å². The molecule has 2 N–H and O–H groups in total. The molecule has 0 saturated heterocycles. The van der Waals surface area contributed by atoms with Gasteiger partial charge in [-0.05, 0) is 24.3 Å². The number of nitrogens with one attached hydrogen (secondary N) is 1. The largest absolute Gasteiger partial charge is 0.508 e. The topological polar surface area (TPSA) is 32.3 Å². The van der Waals surface area contributed by atoms with Crippen molar-refractivity contribution in [2.24, 2.45) is 0 Å². The lowest BCUT2D eigenvalue weighted by atomic mass is 10.2. The number of rotatable bonds is 3. The lowest BCUT2D eigenvalue weighted by Crippen LogP contribution is -1.99. The van der Waals surface area contributed by atoms with E-state index in [1.54, 1.807) is 6.07 Å². The van der Waals surface area contributed by atoms with Crippen LogP contribution in [0, 0.1) is 0 Å². The maximum atomic E-state index is 9.70. The first-order chi connectivity index (χ1) is 7.75. The summed E-state index contributed by atoms with van der Waals surface area (Å²) in [6.07, 6.45) is 0. The average Bonchev–Trinajstić information content (AvgIpc) is 2.29. The smallest absolute Gasteiger partial charge is 0.121 e. The minimum atomic E-state index is 0.304. The predicted molar refractivity (Wildman–Crippen MR) is 69.6 cm³/mol. The zero-order valence-electron chi connectivity index (χ0n) is 8.65. The van der Waals surface area contributed by atoms with Crippen molar-refractivity contribution in [2.45, 2.75) is 6.54 Å². The molecule has 2 aromatic carbocycles. The van der Waals surface area contributed by atoms with E-state index in [0.717, 1.165) is 15.7 Å². The van der Waals surface area contributed by atoms with Crippen molar-refractivity contribution in [3.8, 4) is 5.75 Å². The van der Waals surface area contributed by atoms with Crippen molar-refractivity contribution in [2.75, 3.05) is 5.32 Å². The van der Waals surface area contributed by atoms with Crippen LogP contribution in [-0.2, 0) is 6.54 Å². The molecule has 0 heterocycles. The van der Waals surface area contributed by atoms with Crippen LogP contribution in [-0.4, -0.2) is 5.11 Å². The summed E-state index contributed by atoms with van der Waals surface area (Å²) < 4.78 is 0.883. The number of benzene rings is 2. The summed E-state index contributed by atoms with van der Waals surface area (Å²) in [6, 6.07) is 15.4. The minimum absolute atomic E-state index is 0.304. The molecule has 0 aliphatic carbocycles. The van der Waals surface area contributed by atoms with Gasteiger partial charge in [-0.25, -0.2) is 0 Å². The van der Waals surface area contributed by atoms with Crippen LogP contribution in [0.3, 0.4) is 0 Å². The third kappa shape index (κ3) is 2.76. The molecule has 2 nitrogen and oxygen atoms in total. The van der Waals surface area contributed by atoms with Gasteiger partial charge in [-0.15, -0.1) is 0 Å². The molecule has 0 aromatic heterocycles. The number of phenolic OH excluding ortho intramolecular Hbond substituents is 1. The fourth-order valence-corrected chi connectivity index (χ4v) is 1.79. The highest BCUT2D eigenvalue weighted by Crippen LogP contribution is 2.23. The standard InChI is InChI=1S/C13H12BrNO/c14-11-7-6-10(13(16)8-11)9-15-12-4-2-1-3-5-12/h1-8,15-16H,9H2. The number of para-hydroxylation sites is 1. The third-order valence-electron chi connectivity index (χ3n) is 2.30. The molecule has 0 fully saturated rings. The summed E-state index contributed by atoms with van der Waals surface area (Å²) in [5, 5.41) is 12.9. The second-order valence-electron chi connectivity index (χ2n) is 3.49. The van der Waals surface area contributed by atoms with Gasteiger partial charge in [-0.3, -0.25) is 0 Å². The van der Waals surface area contributed by atoms with Crippen LogP contribution in [0.1, 0.15) is 5.56 Å². The van der Waals surface area contributed by atoms with Gasteiger partial charge in [-0.1, -0.05) is 40.2 Å². The van der Waals surface area contributed by atoms with Crippen LogP contribution in [0.2, 0.25) is 0 Å². The molecule has 16 heavy (non-hydrogen) atoms. The summed E-state index contributed by atoms with van der Waals surface area (Å²) in [6.45, 7) is 0.614. The Morgan fingerprint density at radius 2 is 1.81 bits per heavy atom. The number of hydrogen-bond donors (Lipinski definition) is 2. The van der Waals surface area contributed by atoms with E-state index >= 15 is 0 Å². The number of halogens is 1. The van der Waals surface area contributed by atoms with Crippen molar-refractivity contribution in [1.82, 2.24) is 0 Å². The van der Waals surface area contributed by atoms with Gasteiger partial charge in [0, 0.05) is 22.3 Å². The van der Waals surface area contributed by atoms with Crippen molar-refractivity contribution < 1.29 is 5.11 Å². The highest BCUT2D eigenvalue weighted by molar-refractivity contribution is 9.10. The van der Waals surface area contributed by atoms with Gasteiger partial charge in [0.25, 0.3) is 0 Å². The first kappa shape index (κ1) is 11.0. The molecule has 3 heteroatoms. The van der Waals surface area contributed by atoms with Crippen molar-refractivity contribution in [3.63, 3.8) is 0 Å². The SMILES string of the molecule is Oc1cc(Br)ccc1CNc1ccccc1. The number of hydrogen-bond acceptors (Lipinski definition) is 2. The Labute approximate surface area is 103 Å². The molecular weight excluding hydrogens is 266 g/mol. The number of anilines is 1. The second-order valence-corrected chi connectivity index (χ2v) is 4.41. The van der Waals surface area contributed by atoms with E-state index in [0.29, 0.717) is 12.3 Å². The summed E-state index contributed by atoms with van der Waals surface area (Å²) in [5.74, 6) is 0.304. The molecular formula is C13H12BrNO. The highest BCUT2D eigenvalue weighted by atomic mass is 79.9. The van der Waals surface area contributed by atoms with E-state index in [-0.39, 0.29) is 0 Å². The number of phenols is 1. The van der Waals surface area contributed by atoms with E-state index in [9.17, 15) is 5.11 Å². The highest BCUT2D eigenvalue weighted by Gasteiger charge is 2.01.